The van der Waals surface area contributed by atoms with Crippen LogP contribution in [0.2, 0.25) is 0 Å². The Kier molecular flexibility index (Phi) is 7.41. The van der Waals surface area contributed by atoms with Crippen LogP contribution in [-0.2, 0) is 11.4 Å². The standard InChI is InChI=1S/C31H23FN2O5/c32-22-9-11-23(12-10-22)37-19-29(35)38-25-13-14-26-28(16-25)39-31(34)27(17-33)30(26)21-7-4-8-24(15-21)36-18-20-5-2-1-3-6-20/h1-16,30H,18-19,34H2. The number of rotatable bonds is 8. The van der Waals surface area contributed by atoms with Crippen molar-refractivity contribution in [3.63, 3.8) is 0 Å². The van der Waals surface area contributed by atoms with Crippen molar-refractivity contribution >= 4 is 5.97 Å². The van der Waals surface area contributed by atoms with Crippen LogP contribution in [-0.4, -0.2) is 12.6 Å². The molecule has 1 aliphatic rings. The number of nitrogens with zero attached hydrogens (tertiary/aromatic N) is 1. The second-order valence-corrected chi connectivity index (χ2v) is 8.69. The van der Waals surface area contributed by atoms with E-state index in [0.29, 0.717) is 29.4 Å². The topological polar surface area (TPSA) is 104 Å². The van der Waals surface area contributed by atoms with Gasteiger partial charge in [0.25, 0.3) is 0 Å². The SMILES string of the molecule is N#CC1=C(N)Oc2cc(OC(=O)COc3ccc(F)cc3)ccc2C1c1cccc(OCc2ccccc2)c1. The molecule has 0 radical (unpaired) electrons. The molecule has 2 N–H and O–H groups in total. The molecule has 4 aromatic rings. The average molecular weight is 523 g/mol. The minimum atomic E-state index is -0.656. The molecule has 0 aromatic heterocycles. The number of hydrogen-bond acceptors (Lipinski definition) is 7. The summed E-state index contributed by atoms with van der Waals surface area (Å²) in [5, 5.41) is 9.88. The molecule has 0 saturated heterocycles. The fraction of sp³-hybridized carbons (Fsp3) is 0.0968. The maximum Gasteiger partial charge on any atom is 0.349 e. The van der Waals surface area contributed by atoms with Crippen LogP contribution in [0.1, 0.15) is 22.6 Å². The first-order chi connectivity index (χ1) is 19.0. The lowest BCUT2D eigenvalue weighted by Gasteiger charge is -2.27. The number of nitrogens with two attached hydrogens (primary N) is 1. The first-order valence-corrected chi connectivity index (χ1v) is 12.1. The molecule has 0 amide bonds. The minimum absolute atomic E-state index is 0.0336. The zero-order valence-electron chi connectivity index (χ0n) is 20.7. The lowest BCUT2D eigenvalue weighted by Crippen LogP contribution is -2.21. The number of ether oxygens (including phenoxy) is 4. The largest absolute Gasteiger partial charge is 0.489 e. The van der Waals surface area contributed by atoms with E-state index in [0.717, 1.165) is 11.1 Å². The van der Waals surface area contributed by atoms with Gasteiger partial charge in [-0.2, -0.15) is 5.26 Å². The zero-order chi connectivity index (χ0) is 27.2. The average Bonchev–Trinajstić information content (AvgIpc) is 2.95. The van der Waals surface area contributed by atoms with Gasteiger partial charge >= 0.3 is 5.97 Å². The number of esters is 1. The number of benzene rings is 4. The van der Waals surface area contributed by atoms with Gasteiger partial charge < -0.3 is 24.7 Å². The van der Waals surface area contributed by atoms with Gasteiger partial charge in [0.15, 0.2) is 6.61 Å². The molecule has 0 aliphatic carbocycles. The van der Waals surface area contributed by atoms with E-state index in [1.807, 2.05) is 54.6 Å². The molecule has 39 heavy (non-hydrogen) atoms. The smallest absolute Gasteiger partial charge is 0.349 e. The third-order valence-corrected chi connectivity index (χ3v) is 6.03. The maximum atomic E-state index is 13.0. The lowest BCUT2D eigenvalue weighted by molar-refractivity contribution is -0.136. The molecule has 1 atom stereocenters. The number of hydrogen-bond donors (Lipinski definition) is 1. The van der Waals surface area contributed by atoms with E-state index >= 15 is 0 Å². The Morgan fingerprint density at radius 3 is 2.44 bits per heavy atom. The highest BCUT2D eigenvalue weighted by Crippen LogP contribution is 2.44. The van der Waals surface area contributed by atoms with E-state index in [9.17, 15) is 14.4 Å². The lowest BCUT2D eigenvalue weighted by atomic mass is 9.83. The molecular formula is C31H23FN2O5. The van der Waals surface area contributed by atoms with Gasteiger partial charge in [-0.05, 0) is 53.6 Å². The summed E-state index contributed by atoms with van der Waals surface area (Å²) in [6.07, 6.45) is 0. The number of fused-ring (bicyclic) bond motifs is 1. The van der Waals surface area contributed by atoms with Gasteiger partial charge in [0.1, 0.15) is 47.1 Å². The molecule has 7 nitrogen and oxygen atoms in total. The normalized spacial score (nSPS) is 14.0. The Morgan fingerprint density at radius 1 is 0.897 bits per heavy atom. The monoisotopic (exact) mass is 522 g/mol. The summed E-state index contributed by atoms with van der Waals surface area (Å²) in [6, 6.07) is 29.6. The van der Waals surface area contributed by atoms with Crippen molar-refractivity contribution in [3.05, 3.63) is 131 Å². The second-order valence-electron chi connectivity index (χ2n) is 8.69. The summed E-state index contributed by atoms with van der Waals surface area (Å²) in [7, 11) is 0. The quantitative estimate of drug-likeness (QED) is 0.237. The van der Waals surface area contributed by atoms with Crippen LogP contribution in [0.15, 0.2) is 109 Å². The minimum Gasteiger partial charge on any atom is -0.489 e. The summed E-state index contributed by atoms with van der Waals surface area (Å²) < 4.78 is 35.5. The summed E-state index contributed by atoms with van der Waals surface area (Å²) in [5.74, 6) is -0.0499. The first-order valence-electron chi connectivity index (χ1n) is 12.1. The molecule has 0 fully saturated rings. The molecule has 0 spiro atoms. The highest BCUT2D eigenvalue weighted by molar-refractivity contribution is 5.74. The number of allylic oxidation sites excluding steroid dienone is 1. The molecule has 1 unspecified atom stereocenters. The van der Waals surface area contributed by atoms with E-state index < -0.39 is 17.7 Å². The number of carbonyl (C=O) groups is 1. The van der Waals surface area contributed by atoms with Gasteiger partial charge in [-0.15, -0.1) is 0 Å². The highest BCUT2D eigenvalue weighted by atomic mass is 19.1. The third-order valence-electron chi connectivity index (χ3n) is 6.03. The Hall–Kier alpha value is -5.29. The van der Waals surface area contributed by atoms with Crippen molar-refractivity contribution in [1.82, 2.24) is 0 Å². The van der Waals surface area contributed by atoms with Crippen LogP contribution in [0, 0.1) is 17.1 Å². The summed E-state index contributed by atoms with van der Waals surface area (Å²) in [5.41, 5.74) is 8.90. The second kappa shape index (κ2) is 11.4. The summed E-state index contributed by atoms with van der Waals surface area (Å²) >= 11 is 0. The molecule has 0 bridgehead atoms. The van der Waals surface area contributed by atoms with E-state index in [1.165, 1.54) is 30.3 Å². The van der Waals surface area contributed by atoms with Crippen molar-refractivity contribution in [1.29, 1.82) is 5.26 Å². The molecule has 194 valence electrons. The van der Waals surface area contributed by atoms with Crippen LogP contribution in [0.5, 0.6) is 23.0 Å². The Labute approximate surface area is 224 Å². The van der Waals surface area contributed by atoms with Crippen molar-refractivity contribution in [2.75, 3.05) is 6.61 Å². The predicted octanol–water partition coefficient (Wildman–Crippen LogP) is 5.61. The van der Waals surface area contributed by atoms with Gasteiger partial charge in [0.05, 0.1) is 5.92 Å². The molecule has 1 heterocycles. The fourth-order valence-corrected chi connectivity index (χ4v) is 4.20. The van der Waals surface area contributed by atoms with Crippen LogP contribution in [0.3, 0.4) is 0 Å². The van der Waals surface area contributed by atoms with Gasteiger partial charge in [-0.25, -0.2) is 9.18 Å². The first kappa shape index (κ1) is 25.4. The van der Waals surface area contributed by atoms with Crippen LogP contribution in [0.4, 0.5) is 4.39 Å². The van der Waals surface area contributed by atoms with Gasteiger partial charge in [0, 0.05) is 11.6 Å². The summed E-state index contributed by atoms with van der Waals surface area (Å²) in [6.45, 7) is 0.0277. The number of halogens is 1. The van der Waals surface area contributed by atoms with Gasteiger partial charge in [0.2, 0.25) is 5.88 Å². The Morgan fingerprint density at radius 2 is 1.67 bits per heavy atom. The van der Waals surface area contributed by atoms with Crippen molar-refractivity contribution in [2.24, 2.45) is 5.73 Å². The van der Waals surface area contributed by atoms with E-state index in [2.05, 4.69) is 6.07 Å². The molecule has 8 heteroatoms. The summed E-state index contributed by atoms with van der Waals surface area (Å²) in [4.78, 5) is 12.3. The van der Waals surface area contributed by atoms with Crippen LogP contribution < -0.4 is 24.7 Å². The van der Waals surface area contributed by atoms with Gasteiger partial charge in [-0.3, -0.25) is 0 Å². The predicted molar refractivity (Wildman–Crippen MR) is 140 cm³/mol. The Balaban J connectivity index is 1.34. The van der Waals surface area contributed by atoms with Gasteiger partial charge in [-0.1, -0.05) is 48.5 Å². The van der Waals surface area contributed by atoms with Crippen molar-refractivity contribution < 1.29 is 28.1 Å². The van der Waals surface area contributed by atoms with Crippen LogP contribution >= 0.6 is 0 Å². The van der Waals surface area contributed by atoms with Crippen molar-refractivity contribution in [2.45, 2.75) is 12.5 Å². The van der Waals surface area contributed by atoms with E-state index in [-0.39, 0.29) is 23.8 Å². The zero-order valence-corrected chi connectivity index (χ0v) is 20.7. The number of nitriles is 1. The van der Waals surface area contributed by atoms with E-state index in [4.69, 9.17) is 24.7 Å². The third kappa shape index (κ3) is 6.00. The molecule has 0 saturated carbocycles. The highest BCUT2D eigenvalue weighted by Gasteiger charge is 2.31. The van der Waals surface area contributed by atoms with Crippen LogP contribution in [0.25, 0.3) is 0 Å². The Bertz CT molecular complexity index is 1560. The number of carbonyl (C=O) groups excluding carboxylic acids is 1. The van der Waals surface area contributed by atoms with E-state index in [1.54, 1.807) is 12.1 Å². The molecule has 1 aliphatic heterocycles. The molecule has 4 aromatic carbocycles. The molecular weight excluding hydrogens is 499 g/mol. The maximum absolute atomic E-state index is 13.0. The fourth-order valence-electron chi connectivity index (χ4n) is 4.20. The van der Waals surface area contributed by atoms with Crippen molar-refractivity contribution in [3.8, 4) is 29.1 Å². The molecule has 5 rings (SSSR count).